The Balaban J connectivity index is 0.00000192. The standard InChI is InChI=1S/C15H17ClFN3OS.ClH/c1-9(21)20(13-6-3-10(16)7-12(13)17)14-8-22-15(19(14)2)18-11-4-5-11;/h3,6-7,11,14H,4-5,8H2,1-2H3;1H. The summed E-state index contributed by atoms with van der Waals surface area (Å²) in [6.45, 7) is 1.45. The van der Waals surface area contributed by atoms with Crippen LogP contribution in [-0.4, -0.2) is 41.0 Å². The summed E-state index contributed by atoms with van der Waals surface area (Å²) in [7, 11) is 1.90. The smallest absolute Gasteiger partial charge is 0.225 e. The summed E-state index contributed by atoms with van der Waals surface area (Å²) >= 11 is 7.41. The normalized spacial score (nSPS) is 22.2. The second-order valence-electron chi connectivity index (χ2n) is 5.53. The fourth-order valence-corrected chi connectivity index (χ4v) is 3.82. The Morgan fingerprint density at radius 2 is 2.17 bits per heavy atom. The van der Waals surface area contributed by atoms with Crippen LogP contribution < -0.4 is 4.90 Å². The third kappa shape index (κ3) is 3.92. The number of thioether (sulfide) groups is 1. The Hall–Kier alpha value is -0.980. The number of hydrogen-bond donors (Lipinski definition) is 0. The molecule has 8 heteroatoms. The first-order valence-electron chi connectivity index (χ1n) is 7.15. The van der Waals surface area contributed by atoms with Crippen LogP contribution in [0.4, 0.5) is 10.1 Å². The van der Waals surface area contributed by atoms with Gasteiger partial charge in [0.15, 0.2) is 5.17 Å². The Labute approximate surface area is 150 Å². The zero-order chi connectivity index (χ0) is 15.9. The third-order valence-corrected chi connectivity index (χ3v) is 5.11. The summed E-state index contributed by atoms with van der Waals surface area (Å²) in [6, 6.07) is 4.79. The number of carbonyl (C=O) groups is 1. The molecule has 1 unspecified atom stereocenters. The zero-order valence-electron chi connectivity index (χ0n) is 12.8. The predicted molar refractivity (Wildman–Crippen MR) is 96.3 cm³/mol. The molecular weight excluding hydrogens is 360 g/mol. The molecule has 1 atom stereocenters. The van der Waals surface area contributed by atoms with Crippen LogP contribution in [0.5, 0.6) is 0 Å². The van der Waals surface area contributed by atoms with Crippen molar-refractivity contribution >= 4 is 52.5 Å². The number of amidine groups is 1. The molecule has 1 heterocycles. The summed E-state index contributed by atoms with van der Waals surface area (Å²) in [6.07, 6.45) is 2.02. The average molecular weight is 378 g/mol. The highest BCUT2D eigenvalue weighted by molar-refractivity contribution is 8.14. The van der Waals surface area contributed by atoms with E-state index in [4.69, 9.17) is 11.6 Å². The Bertz CT molecular complexity index is 639. The fraction of sp³-hybridized carbons (Fsp3) is 0.467. The van der Waals surface area contributed by atoms with E-state index in [1.54, 1.807) is 23.9 Å². The van der Waals surface area contributed by atoms with Crippen molar-refractivity contribution < 1.29 is 9.18 Å². The molecule has 126 valence electrons. The van der Waals surface area contributed by atoms with Gasteiger partial charge in [-0.2, -0.15) is 0 Å². The van der Waals surface area contributed by atoms with Crippen LogP contribution in [0.1, 0.15) is 19.8 Å². The van der Waals surface area contributed by atoms with Gasteiger partial charge < -0.3 is 4.90 Å². The third-order valence-electron chi connectivity index (χ3n) is 3.76. The molecule has 1 aliphatic carbocycles. The minimum atomic E-state index is -0.492. The quantitative estimate of drug-likeness (QED) is 0.803. The van der Waals surface area contributed by atoms with Crippen LogP contribution >= 0.6 is 35.8 Å². The van der Waals surface area contributed by atoms with E-state index in [1.165, 1.54) is 17.9 Å². The van der Waals surface area contributed by atoms with Gasteiger partial charge in [0, 0.05) is 24.7 Å². The number of halogens is 3. The maximum absolute atomic E-state index is 14.2. The van der Waals surface area contributed by atoms with Gasteiger partial charge in [-0.05, 0) is 31.0 Å². The van der Waals surface area contributed by atoms with Crippen molar-refractivity contribution in [3.63, 3.8) is 0 Å². The molecule has 2 fully saturated rings. The van der Waals surface area contributed by atoms with Gasteiger partial charge in [-0.15, -0.1) is 12.4 Å². The van der Waals surface area contributed by atoms with Crippen molar-refractivity contribution in [1.29, 1.82) is 0 Å². The summed E-state index contributed by atoms with van der Waals surface area (Å²) in [5.41, 5.74) is 0.252. The molecule has 3 rings (SSSR count). The summed E-state index contributed by atoms with van der Waals surface area (Å²) in [4.78, 5) is 20.2. The second kappa shape index (κ2) is 7.28. The van der Waals surface area contributed by atoms with Crippen molar-refractivity contribution in [3.8, 4) is 0 Å². The first-order chi connectivity index (χ1) is 10.5. The fourth-order valence-electron chi connectivity index (χ4n) is 2.44. The van der Waals surface area contributed by atoms with E-state index in [-0.39, 0.29) is 30.2 Å². The molecule has 0 radical (unpaired) electrons. The molecule has 1 aliphatic heterocycles. The summed E-state index contributed by atoms with van der Waals surface area (Å²) in [5.74, 6) is -0.0241. The maximum Gasteiger partial charge on any atom is 0.225 e. The van der Waals surface area contributed by atoms with Gasteiger partial charge in [-0.1, -0.05) is 23.4 Å². The van der Waals surface area contributed by atoms with Gasteiger partial charge in [0.1, 0.15) is 12.0 Å². The van der Waals surface area contributed by atoms with E-state index in [0.29, 0.717) is 16.8 Å². The molecule has 1 saturated carbocycles. The summed E-state index contributed by atoms with van der Waals surface area (Å²) < 4.78 is 14.2. The molecular formula is C15H18Cl2FN3OS. The van der Waals surface area contributed by atoms with Crippen molar-refractivity contribution in [2.45, 2.75) is 32.0 Å². The molecule has 0 bridgehead atoms. The molecule has 1 aromatic carbocycles. The highest BCUT2D eigenvalue weighted by atomic mass is 35.5. The van der Waals surface area contributed by atoms with Crippen LogP contribution in [0.3, 0.4) is 0 Å². The first-order valence-corrected chi connectivity index (χ1v) is 8.52. The molecule has 0 aromatic heterocycles. The van der Waals surface area contributed by atoms with E-state index in [1.807, 2.05) is 11.9 Å². The average Bonchev–Trinajstić information content (AvgIpc) is 3.19. The molecule has 23 heavy (non-hydrogen) atoms. The monoisotopic (exact) mass is 377 g/mol. The molecule has 1 amide bonds. The van der Waals surface area contributed by atoms with Crippen LogP contribution in [0.25, 0.3) is 0 Å². The van der Waals surface area contributed by atoms with Gasteiger partial charge in [-0.3, -0.25) is 14.7 Å². The number of nitrogens with zero attached hydrogens (tertiary/aromatic N) is 3. The van der Waals surface area contributed by atoms with Gasteiger partial charge in [0.2, 0.25) is 5.91 Å². The lowest BCUT2D eigenvalue weighted by Gasteiger charge is -2.33. The van der Waals surface area contributed by atoms with Crippen LogP contribution in [0.15, 0.2) is 23.2 Å². The van der Waals surface area contributed by atoms with E-state index < -0.39 is 5.82 Å². The van der Waals surface area contributed by atoms with E-state index in [2.05, 4.69) is 4.99 Å². The first kappa shape index (κ1) is 18.4. The molecule has 0 spiro atoms. The van der Waals surface area contributed by atoms with E-state index in [0.717, 1.165) is 18.0 Å². The van der Waals surface area contributed by atoms with Crippen molar-refractivity contribution in [1.82, 2.24) is 4.90 Å². The zero-order valence-corrected chi connectivity index (χ0v) is 15.2. The number of anilines is 1. The number of hydrogen-bond acceptors (Lipinski definition) is 3. The van der Waals surface area contributed by atoms with Crippen molar-refractivity contribution in [2.24, 2.45) is 4.99 Å². The summed E-state index contributed by atoms with van der Waals surface area (Å²) in [5, 5.41) is 1.24. The Kier molecular flexibility index (Phi) is 5.81. The lowest BCUT2D eigenvalue weighted by atomic mass is 10.2. The number of amides is 1. The van der Waals surface area contributed by atoms with E-state index in [9.17, 15) is 9.18 Å². The van der Waals surface area contributed by atoms with Gasteiger partial charge in [0.25, 0.3) is 0 Å². The maximum atomic E-state index is 14.2. The van der Waals surface area contributed by atoms with Gasteiger partial charge in [-0.25, -0.2) is 4.39 Å². The topological polar surface area (TPSA) is 35.9 Å². The SMILES string of the molecule is CC(=O)N(c1ccc(Cl)cc1F)C1CSC(=NC2CC2)N1C.Cl. The lowest BCUT2D eigenvalue weighted by molar-refractivity contribution is -0.117. The number of rotatable bonds is 3. The molecule has 0 N–H and O–H groups in total. The lowest BCUT2D eigenvalue weighted by Crippen LogP contribution is -2.48. The highest BCUT2D eigenvalue weighted by Gasteiger charge is 2.36. The van der Waals surface area contributed by atoms with Crippen LogP contribution in [0, 0.1) is 5.82 Å². The van der Waals surface area contributed by atoms with Crippen molar-refractivity contribution in [3.05, 3.63) is 29.0 Å². The number of benzene rings is 1. The minimum Gasteiger partial charge on any atom is -0.333 e. The van der Waals surface area contributed by atoms with Gasteiger partial charge in [0.05, 0.1) is 11.7 Å². The predicted octanol–water partition coefficient (Wildman–Crippen LogP) is 3.78. The molecule has 4 nitrogen and oxygen atoms in total. The molecule has 1 saturated heterocycles. The van der Waals surface area contributed by atoms with E-state index >= 15 is 0 Å². The number of aliphatic imine (C=N–C) groups is 1. The van der Waals surface area contributed by atoms with Gasteiger partial charge >= 0.3 is 0 Å². The molecule has 1 aromatic rings. The Morgan fingerprint density at radius 1 is 1.48 bits per heavy atom. The van der Waals surface area contributed by atoms with Crippen LogP contribution in [0.2, 0.25) is 5.02 Å². The van der Waals surface area contributed by atoms with Crippen molar-refractivity contribution in [2.75, 3.05) is 17.7 Å². The second-order valence-corrected chi connectivity index (χ2v) is 6.95. The molecule has 2 aliphatic rings. The Morgan fingerprint density at radius 3 is 2.74 bits per heavy atom. The largest absolute Gasteiger partial charge is 0.333 e. The minimum absolute atomic E-state index is 0. The highest BCUT2D eigenvalue weighted by Crippen LogP contribution is 2.33. The van der Waals surface area contributed by atoms with Crippen LogP contribution in [-0.2, 0) is 4.79 Å². The number of carbonyl (C=O) groups excluding carboxylic acids is 1.